The lowest BCUT2D eigenvalue weighted by atomic mass is 9.86. The summed E-state index contributed by atoms with van der Waals surface area (Å²) in [5.74, 6) is 4.12. The second-order valence-electron chi connectivity index (χ2n) is 6.51. The molecule has 1 amide bonds. The van der Waals surface area contributed by atoms with Crippen LogP contribution in [0.5, 0.6) is 11.5 Å². The van der Waals surface area contributed by atoms with Crippen molar-refractivity contribution in [2.24, 2.45) is 17.8 Å². The lowest BCUT2D eigenvalue weighted by molar-refractivity contribution is -0.122. The molecule has 2 saturated carbocycles. The largest absolute Gasteiger partial charge is 0.497 e. The highest BCUT2D eigenvalue weighted by Crippen LogP contribution is 2.49. The lowest BCUT2D eigenvalue weighted by Gasteiger charge is -2.20. The maximum atomic E-state index is 12.0. The Kier molecular flexibility index (Phi) is 4.86. The maximum Gasteiger partial charge on any atom is 0.220 e. The molecule has 22 heavy (non-hydrogen) atoms. The van der Waals surface area contributed by atoms with Crippen molar-refractivity contribution in [3.8, 4) is 11.5 Å². The Morgan fingerprint density at radius 3 is 2.59 bits per heavy atom. The maximum absolute atomic E-state index is 12.0. The van der Waals surface area contributed by atoms with Gasteiger partial charge < -0.3 is 14.8 Å². The highest BCUT2D eigenvalue weighted by atomic mass is 16.5. The Balaban J connectivity index is 1.31. The Morgan fingerprint density at radius 2 is 1.95 bits per heavy atom. The molecule has 0 aliphatic heterocycles. The third-order valence-corrected chi connectivity index (χ3v) is 5.08. The van der Waals surface area contributed by atoms with Gasteiger partial charge in [0.25, 0.3) is 0 Å². The van der Waals surface area contributed by atoms with Crippen molar-refractivity contribution in [2.75, 3.05) is 20.3 Å². The van der Waals surface area contributed by atoms with Gasteiger partial charge in [0, 0.05) is 6.42 Å². The predicted octanol–water partition coefficient (Wildman–Crippen LogP) is 3.02. The average molecular weight is 303 g/mol. The molecule has 3 rings (SSSR count). The van der Waals surface area contributed by atoms with Crippen LogP contribution in [0.15, 0.2) is 24.3 Å². The topological polar surface area (TPSA) is 47.6 Å². The minimum atomic E-state index is 0.177. The summed E-state index contributed by atoms with van der Waals surface area (Å²) < 4.78 is 10.7. The SMILES string of the molecule is COc1ccc(OCCNC(=O)C[C@H]2C[C@@H]3CC[C@@H]2C3)cc1. The number of amides is 1. The van der Waals surface area contributed by atoms with Gasteiger partial charge >= 0.3 is 0 Å². The van der Waals surface area contributed by atoms with Crippen molar-refractivity contribution >= 4 is 5.91 Å². The molecule has 4 heteroatoms. The van der Waals surface area contributed by atoms with Crippen molar-refractivity contribution in [1.82, 2.24) is 5.32 Å². The standard InChI is InChI=1S/C18H25NO3/c1-21-16-4-6-17(7-5-16)22-9-8-19-18(20)12-15-11-13-2-3-14(15)10-13/h4-7,13-15H,2-3,8-12H2,1H3,(H,19,20)/t13-,14-,15-/m1/s1. The highest BCUT2D eigenvalue weighted by Gasteiger charge is 2.39. The molecule has 120 valence electrons. The van der Waals surface area contributed by atoms with Gasteiger partial charge in [0.2, 0.25) is 5.91 Å². The van der Waals surface area contributed by atoms with Crippen molar-refractivity contribution in [1.29, 1.82) is 0 Å². The third-order valence-electron chi connectivity index (χ3n) is 5.08. The molecule has 3 atom stereocenters. The Bertz CT molecular complexity index is 500. The molecule has 0 unspecified atom stereocenters. The fraction of sp³-hybridized carbons (Fsp3) is 0.611. The van der Waals surface area contributed by atoms with Gasteiger partial charge in [-0.05, 0) is 61.3 Å². The first-order chi connectivity index (χ1) is 10.7. The summed E-state index contributed by atoms with van der Waals surface area (Å²) >= 11 is 0. The number of carbonyl (C=O) groups is 1. The summed E-state index contributed by atoms with van der Waals surface area (Å²) in [6.07, 6.45) is 6.05. The van der Waals surface area contributed by atoms with Crippen LogP contribution < -0.4 is 14.8 Å². The number of benzene rings is 1. The molecule has 4 nitrogen and oxygen atoms in total. The molecule has 0 saturated heterocycles. The Hall–Kier alpha value is -1.71. The van der Waals surface area contributed by atoms with E-state index in [4.69, 9.17) is 9.47 Å². The van der Waals surface area contributed by atoms with Gasteiger partial charge in [-0.2, -0.15) is 0 Å². The Labute approximate surface area is 132 Å². The first-order valence-corrected chi connectivity index (χ1v) is 8.28. The van der Waals surface area contributed by atoms with E-state index >= 15 is 0 Å². The zero-order chi connectivity index (χ0) is 15.4. The predicted molar refractivity (Wildman–Crippen MR) is 85.1 cm³/mol. The van der Waals surface area contributed by atoms with Crippen LogP contribution in [0.3, 0.4) is 0 Å². The van der Waals surface area contributed by atoms with Crippen LogP contribution in [-0.4, -0.2) is 26.2 Å². The molecule has 1 aromatic carbocycles. The van der Waals surface area contributed by atoms with Crippen LogP contribution in [0.4, 0.5) is 0 Å². The quantitative estimate of drug-likeness (QED) is 0.788. The molecular weight excluding hydrogens is 278 g/mol. The fourth-order valence-electron chi connectivity index (χ4n) is 3.97. The molecule has 1 aromatic rings. The summed E-state index contributed by atoms with van der Waals surface area (Å²) in [6, 6.07) is 7.47. The van der Waals surface area contributed by atoms with Gasteiger partial charge in [-0.25, -0.2) is 0 Å². The summed E-state index contributed by atoms with van der Waals surface area (Å²) in [5, 5.41) is 2.97. The average Bonchev–Trinajstić information content (AvgIpc) is 3.15. The molecular formula is C18H25NO3. The van der Waals surface area contributed by atoms with Crippen LogP contribution in [0.1, 0.15) is 32.1 Å². The smallest absolute Gasteiger partial charge is 0.220 e. The number of hydrogen-bond donors (Lipinski definition) is 1. The molecule has 2 aliphatic rings. The van der Waals surface area contributed by atoms with Crippen LogP contribution in [0.2, 0.25) is 0 Å². The summed E-state index contributed by atoms with van der Waals surface area (Å²) in [4.78, 5) is 12.0. The van der Waals surface area contributed by atoms with E-state index in [1.165, 1.54) is 25.7 Å². The van der Waals surface area contributed by atoms with E-state index in [-0.39, 0.29) is 5.91 Å². The van der Waals surface area contributed by atoms with E-state index in [2.05, 4.69) is 5.32 Å². The van der Waals surface area contributed by atoms with E-state index in [0.29, 0.717) is 25.5 Å². The molecule has 0 aromatic heterocycles. The number of nitrogens with one attached hydrogen (secondary N) is 1. The number of methoxy groups -OCH3 is 1. The first kappa shape index (κ1) is 15.2. The van der Waals surface area contributed by atoms with Crippen LogP contribution in [0.25, 0.3) is 0 Å². The molecule has 0 spiro atoms. The number of fused-ring (bicyclic) bond motifs is 2. The van der Waals surface area contributed by atoms with Gasteiger partial charge in [-0.3, -0.25) is 4.79 Å². The summed E-state index contributed by atoms with van der Waals surface area (Å²) in [6.45, 7) is 1.06. The Morgan fingerprint density at radius 1 is 1.18 bits per heavy atom. The van der Waals surface area contributed by atoms with E-state index in [1.807, 2.05) is 24.3 Å². The fourth-order valence-corrected chi connectivity index (χ4v) is 3.97. The minimum Gasteiger partial charge on any atom is -0.497 e. The van der Waals surface area contributed by atoms with Crippen molar-refractivity contribution < 1.29 is 14.3 Å². The second kappa shape index (κ2) is 7.03. The molecule has 0 radical (unpaired) electrons. The van der Waals surface area contributed by atoms with Gasteiger partial charge in [0.1, 0.15) is 18.1 Å². The van der Waals surface area contributed by atoms with Crippen molar-refractivity contribution in [3.63, 3.8) is 0 Å². The first-order valence-electron chi connectivity index (χ1n) is 8.28. The zero-order valence-electron chi connectivity index (χ0n) is 13.2. The van der Waals surface area contributed by atoms with E-state index in [1.54, 1.807) is 7.11 Å². The van der Waals surface area contributed by atoms with Crippen molar-refractivity contribution in [3.05, 3.63) is 24.3 Å². The second-order valence-corrected chi connectivity index (χ2v) is 6.51. The van der Waals surface area contributed by atoms with Gasteiger partial charge in [0.15, 0.2) is 0 Å². The van der Waals surface area contributed by atoms with Crippen LogP contribution >= 0.6 is 0 Å². The van der Waals surface area contributed by atoms with Crippen LogP contribution in [0, 0.1) is 17.8 Å². The molecule has 0 heterocycles. The highest BCUT2D eigenvalue weighted by molar-refractivity contribution is 5.76. The molecule has 1 N–H and O–H groups in total. The van der Waals surface area contributed by atoms with E-state index in [0.717, 1.165) is 23.3 Å². The van der Waals surface area contributed by atoms with Crippen LogP contribution in [-0.2, 0) is 4.79 Å². The number of ether oxygens (including phenoxy) is 2. The molecule has 2 fully saturated rings. The van der Waals surface area contributed by atoms with Crippen molar-refractivity contribution in [2.45, 2.75) is 32.1 Å². The van der Waals surface area contributed by atoms with E-state index < -0.39 is 0 Å². The minimum absolute atomic E-state index is 0.177. The van der Waals surface area contributed by atoms with Gasteiger partial charge in [-0.15, -0.1) is 0 Å². The van der Waals surface area contributed by atoms with Gasteiger partial charge in [0.05, 0.1) is 13.7 Å². The number of hydrogen-bond acceptors (Lipinski definition) is 3. The normalized spacial score (nSPS) is 26.0. The number of carbonyl (C=O) groups excluding carboxylic acids is 1. The number of rotatable bonds is 7. The zero-order valence-corrected chi connectivity index (χ0v) is 13.2. The molecule has 2 aliphatic carbocycles. The van der Waals surface area contributed by atoms with Gasteiger partial charge in [-0.1, -0.05) is 6.42 Å². The third kappa shape index (κ3) is 3.73. The summed E-state index contributed by atoms with van der Waals surface area (Å²) in [5.41, 5.74) is 0. The van der Waals surface area contributed by atoms with E-state index in [9.17, 15) is 4.79 Å². The molecule has 2 bridgehead atoms. The monoisotopic (exact) mass is 303 g/mol. The lowest BCUT2D eigenvalue weighted by Crippen LogP contribution is -2.30. The summed E-state index contributed by atoms with van der Waals surface area (Å²) in [7, 11) is 1.64.